The Balaban J connectivity index is 1.89. The summed E-state index contributed by atoms with van der Waals surface area (Å²) in [6.45, 7) is 4.67. The first-order chi connectivity index (χ1) is 15.3. The van der Waals surface area contributed by atoms with Gasteiger partial charge in [0.05, 0.1) is 0 Å². The molecule has 1 unspecified atom stereocenters. The number of nitrogens with zero attached hydrogens (tertiary/aromatic N) is 1. The largest absolute Gasteiger partial charge is 0.217 e. The molecule has 31 heavy (non-hydrogen) atoms. The Morgan fingerprint density at radius 1 is 0.742 bits per heavy atom. The van der Waals surface area contributed by atoms with E-state index in [-0.39, 0.29) is 0 Å². The van der Waals surface area contributed by atoms with Gasteiger partial charge < -0.3 is 0 Å². The zero-order valence-corrected chi connectivity index (χ0v) is 18.5. The zero-order valence-electron chi connectivity index (χ0n) is 18.5. The first kappa shape index (κ1) is 19.8. The van der Waals surface area contributed by atoms with Crippen LogP contribution in [-0.2, 0) is 12.8 Å². The van der Waals surface area contributed by atoms with E-state index < -0.39 is 0 Å². The summed E-state index contributed by atoms with van der Waals surface area (Å²) in [5.41, 5.74) is 11.1. The number of aryl methyl sites for hydroxylation is 1. The van der Waals surface area contributed by atoms with Gasteiger partial charge >= 0.3 is 0 Å². The fraction of sp³-hybridized carbons (Fsp3) is 0.233. The molecule has 0 N–H and O–H groups in total. The summed E-state index contributed by atoms with van der Waals surface area (Å²) in [5, 5.41) is 0. The summed E-state index contributed by atoms with van der Waals surface area (Å²) < 4.78 is 2.64. The standard InChI is InChI=1S/C30H30N/c1-3-12-22(2)31-29(25-16-8-5-9-17-25)21-28(23-13-6-4-7-14-23)27-20-19-24-15-10-11-18-26(24)30(27)31/h4-11,13-18,21-22H,3,12,19-20H2,1-2H3/q+1. The van der Waals surface area contributed by atoms with Crippen LogP contribution in [0.25, 0.3) is 33.6 Å². The van der Waals surface area contributed by atoms with Crippen LogP contribution in [0.2, 0.25) is 0 Å². The molecule has 5 rings (SSSR count). The van der Waals surface area contributed by atoms with E-state index in [1.807, 2.05) is 0 Å². The van der Waals surface area contributed by atoms with Gasteiger partial charge in [-0.1, -0.05) is 73.7 Å². The van der Waals surface area contributed by atoms with E-state index in [9.17, 15) is 0 Å². The molecule has 0 bridgehead atoms. The Hall–Kier alpha value is -3.19. The normalized spacial score (nSPS) is 13.4. The molecule has 0 radical (unpaired) electrons. The van der Waals surface area contributed by atoms with Crippen molar-refractivity contribution >= 4 is 0 Å². The fourth-order valence-electron chi connectivity index (χ4n) is 5.17. The van der Waals surface area contributed by atoms with Crippen LogP contribution in [0.3, 0.4) is 0 Å². The molecule has 0 saturated carbocycles. The molecule has 0 saturated heterocycles. The van der Waals surface area contributed by atoms with Crippen molar-refractivity contribution in [2.24, 2.45) is 0 Å². The second-order valence-corrected chi connectivity index (χ2v) is 8.67. The van der Waals surface area contributed by atoms with Gasteiger partial charge in [0.2, 0.25) is 11.4 Å². The molecule has 1 heterocycles. The first-order valence-corrected chi connectivity index (χ1v) is 11.6. The second kappa shape index (κ2) is 8.51. The summed E-state index contributed by atoms with van der Waals surface area (Å²) in [6.07, 6.45) is 4.55. The number of hydrogen-bond acceptors (Lipinski definition) is 0. The molecule has 1 heteroatoms. The third kappa shape index (κ3) is 3.59. The zero-order chi connectivity index (χ0) is 21.2. The van der Waals surface area contributed by atoms with Crippen molar-refractivity contribution in [3.8, 4) is 33.6 Å². The van der Waals surface area contributed by atoms with Gasteiger partial charge in [0.1, 0.15) is 0 Å². The van der Waals surface area contributed by atoms with E-state index in [4.69, 9.17) is 0 Å². The van der Waals surface area contributed by atoms with Gasteiger partial charge in [0.15, 0.2) is 6.04 Å². The highest BCUT2D eigenvalue weighted by Gasteiger charge is 2.34. The Kier molecular flexibility index (Phi) is 5.42. The summed E-state index contributed by atoms with van der Waals surface area (Å²) >= 11 is 0. The number of pyridine rings is 1. The lowest BCUT2D eigenvalue weighted by atomic mass is 9.83. The molecule has 154 valence electrons. The highest BCUT2D eigenvalue weighted by Crippen LogP contribution is 2.40. The van der Waals surface area contributed by atoms with Gasteiger partial charge in [-0.3, -0.25) is 0 Å². The molecule has 4 aromatic rings. The maximum Gasteiger partial charge on any atom is 0.217 e. The van der Waals surface area contributed by atoms with Gasteiger partial charge in [-0.05, 0) is 61.1 Å². The van der Waals surface area contributed by atoms with Gasteiger partial charge in [-0.15, -0.1) is 0 Å². The average molecular weight is 405 g/mol. The van der Waals surface area contributed by atoms with Gasteiger partial charge in [0, 0.05) is 29.2 Å². The average Bonchev–Trinajstić information content (AvgIpc) is 2.84. The number of hydrogen-bond donors (Lipinski definition) is 0. The van der Waals surface area contributed by atoms with E-state index in [0.717, 1.165) is 12.8 Å². The van der Waals surface area contributed by atoms with E-state index in [1.165, 1.54) is 57.6 Å². The molecule has 0 aliphatic heterocycles. The van der Waals surface area contributed by atoms with Crippen molar-refractivity contribution < 1.29 is 4.57 Å². The number of fused-ring (bicyclic) bond motifs is 3. The van der Waals surface area contributed by atoms with Crippen molar-refractivity contribution in [2.45, 2.75) is 45.6 Å². The van der Waals surface area contributed by atoms with E-state index in [1.54, 1.807) is 0 Å². The molecule has 3 aromatic carbocycles. The SMILES string of the molecule is CCCC(C)[n+]1c(-c2ccccc2)cc(-c2ccccc2)c2c1-c1ccccc1CC2. The van der Waals surface area contributed by atoms with Crippen LogP contribution in [0, 0.1) is 0 Å². The van der Waals surface area contributed by atoms with E-state index >= 15 is 0 Å². The van der Waals surface area contributed by atoms with Crippen molar-refractivity contribution in [2.75, 3.05) is 0 Å². The lowest BCUT2D eigenvalue weighted by molar-refractivity contribution is -0.700. The van der Waals surface area contributed by atoms with E-state index in [0.29, 0.717) is 6.04 Å². The molecule has 0 amide bonds. The van der Waals surface area contributed by atoms with Crippen LogP contribution in [0.5, 0.6) is 0 Å². The molecule has 1 aromatic heterocycles. The molecular weight excluding hydrogens is 374 g/mol. The smallest absolute Gasteiger partial charge is 0.189 e. The minimum Gasteiger partial charge on any atom is -0.189 e. The molecule has 1 nitrogen and oxygen atoms in total. The van der Waals surface area contributed by atoms with E-state index in [2.05, 4.69) is 109 Å². The minimum absolute atomic E-state index is 0.435. The van der Waals surface area contributed by atoms with Crippen LogP contribution in [0.4, 0.5) is 0 Å². The third-order valence-corrected chi connectivity index (χ3v) is 6.61. The maximum absolute atomic E-state index is 2.64. The monoisotopic (exact) mass is 404 g/mol. The Bertz CT molecular complexity index is 1190. The summed E-state index contributed by atoms with van der Waals surface area (Å²) in [6, 6.07) is 33.7. The number of aromatic nitrogens is 1. The number of benzene rings is 3. The summed E-state index contributed by atoms with van der Waals surface area (Å²) in [4.78, 5) is 0. The van der Waals surface area contributed by atoms with Crippen LogP contribution in [0.15, 0.2) is 91.0 Å². The Labute approximate surface area is 186 Å². The Morgan fingerprint density at radius 2 is 1.39 bits per heavy atom. The first-order valence-electron chi connectivity index (χ1n) is 11.6. The molecule has 1 aliphatic rings. The quantitative estimate of drug-likeness (QED) is 0.304. The van der Waals surface area contributed by atoms with Crippen LogP contribution >= 0.6 is 0 Å². The van der Waals surface area contributed by atoms with Gasteiger partial charge in [-0.2, -0.15) is 4.57 Å². The van der Waals surface area contributed by atoms with Crippen molar-refractivity contribution in [1.29, 1.82) is 0 Å². The highest BCUT2D eigenvalue weighted by molar-refractivity contribution is 5.80. The van der Waals surface area contributed by atoms with Crippen LogP contribution < -0.4 is 4.57 Å². The lowest BCUT2D eigenvalue weighted by Crippen LogP contribution is -2.44. The van der Waals surface area contributed by atoms with Crippen molar-refractivity contribution in [3.63, 3.8) is 0 Å². The highest BCUT2D eigenvalue weighted by atomic mass is 15.0. The lowest BCUT2D eigenvalue weighted by Gasteiger charge is -2.25. The second-order valence-electron chi connectivity index (χ2n) is 8.67. The predicted octanol–water partition coefficient (Wildman–Crippen LogP) is 7.43. The van der Waals surface area contributed by atoms with Crippen LogP contribution in [-0.4, -0.2) is 0 Å². The third-order valence-electron chi connectivity index (χ3n) is 6.61. The molecule has 1 atom stereocenters. The summed E-state index contributed by atoms with van der Waals surface area (Å²) in [5.74, 6) is 0. The topological polar surface area (TPSA) is 3.88 Å². The number of rotatable bonds is 5. The maximum atomic E-state index is 2.64. The molecular formula is C30H30N+. The molecule has 0 spiro atoms. The summed E-state index contributed by atoms with van der Waals surface area (Å²) in [7, 11) is 0. The molecule has 1 aliphatic carbocycles. The fourth-order valence-corrected chi connectivity index (χ4v) is 5.17. The van der Waals surface area contributed by atoms with Crippen LogP contribution in [0.1, 0.15) is 43.9 Å². The van der Waals surface area contributed by atoms with Gasteiger partial charge in [0.25, 0.3) is 0 Å². The minimum atomic E-state index is 0.435. The van der Waals surface area contributed by atoms with Crippen molar-refractivity contribution in [3.05, 3.63) is 102 Å². The predicted molar refractivity (Wildman–Crippen MR) is 130 cm³/mol. The molecule has 0 fully saturated rings. The van der Waals surface area contributed by atoms with Gasteiger partial charge in [-0.25, -0.2) is 0 Å². The van der Waals surface area contributed by atoms with Crippen molar-refractivity contribution in [1.82, 2.24) is 0 Å². The Morgan fingerprint density at radius 3 is 2.10 bits per heavy atom.